The van der Waals surface area contributed by atoms with Crippen molar-refractivity contribution in [2.24, 2.45) is 0 Å². The molecule has 0 aliphatic rings. The minimum absolute atomic E-state index is 0.471. The Bertz CT molecular complexity index is 876. The molecule has 26 heavy (non-hydrogen) atoms. The largest absolute Gasteiger partial charge is 0.305 e. The number of benzene rings is 3. The maximum atomic E-state index is 4.61. The van der Waals surface area contributed by atoms with Crippen LogP contribution in [0.4, 0.5) is 0 Å². The quantitative estimate of drug-likeness (QED) is 0.291. The van der Waals surface area contributed by atoms with E-state index in [4.69, 9.17) is 0 Å². The van der Waals surface area contributed by atoms with Crippen molar-refractivity contribution in [3.8, 4) is 0 Å². The fraction of sp³-hybridized carbons (Fsp3) is 0.0870. The molecular formula is C23H19IN2. The van der Waals surface area contributed by atoms with Gasteiger partial charge in [-0.15, -0.1) is 0 Å². The number of hydrogen-bond donors (Lipinski definition) is 0. The van der Waals surface area contributed by atoms with Gasteiger partial charge in [0, 0.05) is 0 Å². The summed E-state index contributed by atoms with van der Waals surface area (Å²) < 4.78 is 3.45. The maximum Gasteiger partial charge on any atom is 0.122 e. The van der Waals surface area contributed by atoms with Crippen molar-refractivity contribution < 1.29 is 0 Å². The predicted molar refractivity (Wildman–Crippen MR) is 114 cm³/mol. The molecule has 3 heteroatoms. The van der Waals surface area contributed by atoms with Gasteiger partial charge in [0.25, 0.3) is 0 Å². The summed E-state index contributed by atoms with van der Waals surface area (Å²) in [5, 5.41) is 0. The van der Waals surface area contributed by atoms with E-state index in [1.165, 1.54) is 16.7 Å². The van der Waals surface area contributed by atoms with Crippen LogP contribution < -0.4 is 0 Å². The van der Waals surface area contributed by atoms with Crippen LogP contribution in [0.25, 0.3) is 0 Å². The Morgan fingerprint density at radius 3 is 1.38 bits per heavy atom. The summed E-state index contributed by atoms with van der Waals surface area (Å²) in [6.07, 6.45) is 1.94. The van der Waals surface area contributed by atoms with Crippen molar-refractivity contribution in [2.45, 2.75) is 12.5 Å². The van der Waals surface area contributed by atoms with E-state index in [1.54, 1.807) is 0 Å². The van der Waals surface area contributed by atoms with Crippen LogP contribution in [-0.2, 0) is 5.54 Å². The lowest BCUT2D eigenvalue weighted by Gasteiger charge is -2.39. The van der Waals surface area contributed by atoms with E-state index in [-0.39, 0.29) is 0 Å². The third-order valence-corrected chi connectivity index (χ3v) is 5.57. The standard InChI is InChI=1S/C23H19IN2/c1-18-25-17-22(24)26(18)23(19-11-5-2-6-12-19,20-13-7-3-8-14-20)21-15-9-4-10-16-21/h2-17H,1H3. The van der Waals surface area contributed by atoms with Crippen LogP contribution in [0.2, 0.25) is 0 Å². The van der Waals surface area contributed by atoms with Crippen molar-refractivity contribution in [1.82, 2.24) is 9.55 Å². The highest BCUT2D eigenvalue weighted by Crippen LogP contribution is 2.42. The molecule has 0 aliphatic heterocycles. The van der Waals surface area contributed by atoms with Crippen LogP contribution in [0.15, 0.2) is 97.2 Å². The Labute approximate surface area is 167 Å². The second kappa shape index (κ2) is 7.08. The van der Waals surface area contributed by atoms with Gasteiger partial charge >= 0.3 is 0 Å². The van der Waals surface area contributed by atoms with E-state index >= 15 is 0 Å². The summed E-state index contributed by atoms with van der Waals surface area (Å²) in [5.41, 5.74) is 3.19. The first-order valence-corrected chi connectivity index (χ1v) is 9.69. The molecule has 3 aromatic carbocycles. The third-order valence-electron chi connectivity index (χ3n) is 4.81. The summed E-state index contributed by atoms with van der Waals surface area (Å²) in [7, 11) is 0. The second-order valence-electron chi connectivity index (χ2n) is 6.27. The molecule has 1 aromatic heterocycles. The lowest BCUT2D eigenvalue weighted by atomic mass is 9.76. The maximum absolute atomic E-state index is 4.61. The zero-order chi connectivity index (χ0) is 18.0. The van der Waals surface area contributed by atoms with Crippen molar-refractivity contribution >= 4 is 22.6 Å². The lowest BCUT2D eigenvalue weighted by Crippen LogP contribution is -2.39. The number of rotatable bonds is 4. The average molecular weight is 450 g/mol. The molecular weight excluding hydrogens is 431 g/mol. The fourth-order valence-electron chi connectivity index (χ4n) is 3.75. The monoisotopic (exact) mass is 450 g/mol. The molecule has 0 saturated heterocycles. The molecule has 0 N–H and O–H groups in total. The van der Waals surface area contributed by atoms with Gasteiger partial charge < -0.3 is 4.57 Å². The molecule has 0 atom stereocenters. The minimum atomic E-state index is -0.471. The first-order valence-electron chi connectivity index (χ1n) is 8.61. The van der Waals surface area contributed by atoms with Crippen LogP contribution >= 0.6 is 22.6 Å². The molecule has 0 bridgehead atoms. The van der Waals surface area contributed by atoms with Gasteiger partial charge in [-0.2, -0.15) is 0 Å². The Kier molecular flexibility index (Phi) is 4.64. The Morgan fingerprint density at radius 1 is 0.692 bits per heavy atom. The zero-order valence-corrected chi connectivity index (χ0v) is 16.7. The van der Waals surface area contributed by atoms with Crippen molar-refractivity contribution in [3.63, 3.8) is 0 Å². The number of aryl methyl sites for hydroxylation is 1. The normalized spacial score (nSPS) is 11.5. The Morgan fingerprint density at radius 2 is 1.08 bits per heavy atom. The predicted octanol–water partition coefficient (Wildman–Crippen LogP) is 5.64. The number of nitrogens with zero attached hydrogens (tertiary/aromatic N) is 2. The summed E-state index contributed by atoms with van der Waals surface area (Å²) in [6, 6.07) is 32.1. The molecule has 0 aliphatic carbocycles. The first kappa shape index (κ1) is 17.0. The topological polar surface area (TPSA) is 17.8 Å². The summed E-state index contributed by atoms with van der Waals surface area (Å²) in [5.74, 6) is 0.992. The summed E-state index contributed by atoms with van der Waals surface area (Å²) in [6.45, 7) is 2.08. The third kappa shape index (κ3) is 2.67. The highest BCUT2D eigenvalue weighted by atomic mass is 127. The van der Waals surface area contributed by atoms with Crippen molar-refractivity contribution in [1.29, 1.82) is 0 Å². The smallest absolute Gasteiger partial charge is 0.122 e. The zero-order valence-electron chi connectivity index (χ0n) is 14.5. The van der Waals surface area contributed by atoms with Gasteiger partial charge in [-0.25, -0.2) is 4.98 Å². The summed E-state index contributed by atoms with van der Waals surface area (Å²) >= 11 is 2.39. The molecule has 2 nitrogen and oxygen atoms in total. The molecule has 0 unspecified atom stereocenters. The highest BCUT2D eigenvalue weighted by molar-refractivity contribution is 14.1. The first-order chi connectivity index (χ1) is 12.7. The van der Waals surface area contributed by atoms with Crippen LogP contribution in [0.5, 0.6) is 0 Å². The van der Waals surface area contributed by atoms with Gasteiger partial charge in [-0.05, 0) is 46.2 Å². The van der Waals surface area contributed by atoms with Gasteiger partial charge in [0.15, 0.2) is 0 Å². The Hall–Kier alpha value is -2.40. The van der Waals surface area contributed by atoms with E-state index in [1.807, 2.05) is 6.20 Å². The average Bonchev–Trinajstić information content (AvgIpc) is 3.04. The number of halogens is 1. The molecule has 0 fully saturated rings. The van der Waals surface area contributed by atoms with Gasteiger partial charge in [0.1, 0.15) is 15.1 Å². The molecule has 4 rings (SSSR count). The summed E-state index contributed by atoms with van der Waals surface area (Å²) in [4.78, 5) is 4.61. The molecule has 1 heterocycles. The molecule has 0 amide bonds. The van der Waals surface area contributed by atoms with Gasteiger partial charge in [-0.3, -0.25) is 0 Å². The van der Waals surface area contributed by atoms with Crippen molar-refractivity contribution in [2.75, 3.05) is 0 Å². The minimum Gasteiger partial charge on any atom is -0.305 e. The molecule has 4 aromatic rings. The van der Waals surface area contributed by atoms with E-state index in [2.05, 4.69) is 130 Å². The van der Waals surface area contributed by atoms with Crippen LogP contribution in [0, 0.1) is 10.6 Å². The van der Waals surface area contributed by atoms with Crippen molar-refractivity contribution in [3.05, 3.63) is 123 Å². The molecule has 0 saturated carbocycles. The SMILES string of the molecule is Cc1ncc(I)n1C(c1ccccc1)(c1ccccc1)c1ccccc1. The molecule has 128 valence electrons. The highest BCUT2D eigenvalue weighted by Gasteiger charge is 2.40. The van der Waals surface area contributed by atoms with Crippen LogP contribution in [0.3, 0.4) is 0 Å². The van der Waals surface area contributed by atoms with Gasteiger partial charge in [0.05, 0.1) is 6.20 Å². The lowest BCUT2D eigenvalue weighted by molar-refractivity contribution is 0.492. The van der Waals surface area contributed by atoms with E-state index < -0.39 is 5.54 Å². The second-order valence-corrected chi connectivity index (χ2v) is 7.38. The molecule has 0 radical (unpaired) electrons. The van der Waals surface area contributed by atoms with E-state index in [0.29, 0.717) is 0 Å². The molecule has 0 spiro atoms. The fourth-order valence-corrected chi connectivity index (χ4v) is 4.60. The van der Waals surface area contributed by atoms with Gasteiger partial charge in [0.2, 0.25) is 0 Å². The number of hydrogen-bond acceptors (Lipinski definition) is 1. The van der Waals surface area contributed by atoms with Gasteiger partial charge in [-0.1, -0.05) is 91.0 Å². The van der Waals surface area contributed by atoms with Crippen LogP contribution in [-0.4, -0.2) is 9.55 Å². The number of imidazole rings is 1. The van der Waals surface area contributed by atoms with E-state index in [0.717, 1.165) is 9.53 Å². The van der Waals surface area contributed by atoms with E-state index in [9.17, 15) is 0 Å². The number of aromatic nitrogens is 2. The van der Waals surface area contributed by atoms with Crippen LogP contribution in [0.1, 0.15) is 22.5 Å². The Balaban J connectivity index is 2.19.